The number of ether oxygens (including phenoxy) is 1. The van der Waals surface area contributed by atoms with Crippen molar-refractivity contribution in [3.8, 4) is 39.6 Å². The van der Waals surface area contributed by atoms with Crippen molar-refractivity contribution in [2.45, 2.75) is 78.6 Å². The molecule has 6 heteroatoms. The van der Waals surface area contributed by atoms with E-state index in [-0.39, 0.29) is 59.8 Å². The van der Waals surface area contributed by atoms with Crippen LogP contribution in [0.3, 0.4) is 0 Å². The molecule has 10 rings (SSSR count). The molecule has 2 aromatic heterocycles. The normalized spacial score (nSPS) is 15.1. The van der Waals surface area contributed by atoms with E-state index in [0.29, 0.717) is 28.6 Å². The third-order valence-corrected chi connectivity index (χ3v) is 12.0. The van der Waals surface area contributed by atoms with Crippen molar-refractivity contribution < 1.29 is 39.5 Å². The van der Waals surface area contributed by atoms with E-state index in [2.05, 4.69) is 115 Å². The molecular formula is C60H55N4OPt-3. The Morgan fingerprint density at radius 3 is 1.79 bits per heavy atom. The van der Waals surface area contributed by atoms with E-state index in [0.717, 1.165) is 38.8 Å². The van der Waals surface area contributed by atoms with E-state index in [4.69, 9.17) is 23.4 Å². The van der Waals surface area contributed by atoms with Crippen LogP contribution in [-0.2, 0) is 37.3 Å². The second-order valence-electron chi connectivity index (χ2n) is 19.6. The van der Waals surface area contributed by atoms with Crippen LogP contribution >= 0.6 is 0 Å². The standard InChI is InChI=1S/C60H55N4O.Pt/c1-58(2,3)42-27-30-52-51(35-42)50-29-28-46(38-55(50)64(52)56-36-43(31-32-61-56)59(4,5)6)65-47-34-44(60(7,8)9)33-45(37-47)62-39-63(54-26-17-16-25-53(54)62)57-48(40-19-12-10-13-20-40)23-18-24-49(57)41-21-14-11-15-22-41;/h10-36,39H,1-9H3;/q-3;/i10D,11D,12D,13D,14D,15D,19D,20D,21D,22D;. The van der Waals surface area contributed by atoms with Crippen LogP contribution in [0.4, 0.5) is 22.7 Å². The number of pyridine rings is 1. The Hall–Kier alpha value is -6.42. The Bertz CT molecular complexity index is 3690. The molecule has 0 fully saturated rings. The first kappa shape index (κ1) is 34.0. The number of anilines is 4. The number of rotatable bonds is 7. The number of hydrogen-bond acceptors (Lipinski definition) is 4. The molecule has 0 saturated carbocycles. The summed E-state index contributed by atoms with van der Waals surface area (Å²) in [5, 5.41) is 2.07. The predicted molar refractivity (Wildman–Crippen MR) is 271 cm³/mol. The fraction of sp³-hybridized carbons (Fsp3) is 0.200. The van der Waals surface area contributed by atoms with Crippen molar-refractivity contribution in [3.05, 3.63) is 199 Å². The average molecular weight is 1050 g/mol. The predicted octanol–water partition coefficient (Wildman–Crippen LogP) is 16.2. The van der Waals surface area contributed by atoms with Gasteiger partial charge in [-0.2, -0.15) is 6.07 Å². The van der Waals surface area contributed by atoms with Crippen molar-refractivity contribution in [1.82, 2.24) is 9.55 Å². The molecule has 334 valence electrons. The van der Waals surface area contributed by atoms with Crippen molar-refractivity contribution in [2.75, 3.05) is 9.80 Å². The molecule has 1 aliphatic heterocycles. The summed E-state index contributed by atoms with van der Waals surface area (Å²) in [6, 6.07) is 33.1. The van der Waals surface area contributed by atoms with Gasteiger partial charge >= 0.3 is 0 Å². The summed E-state index contributed by atoms with van der Waals surface area (Å²) >= 11 is 0. The van der Waals surface area contributed by atoms with Gasteiger partial charge in [-0.05, 0) is 74.2 Å². The third-order valence-electron chi connectivity index (χ3n) is 12.0. The van der Waals surface area contributed by atoms with Gasteiger partial charge in [0.05, 0.1) is 13.7 Å². The number of hydrogen-bond donors (Lipinski definition) is 0. The molecule has 5 nitrogen and oxygen atoms in total. The Morgan fingerprint density at radius 1 is 0.561 bits per heavy atom. The van der Waals surface area contributed by atoms with Gasteiger partial charge in [-0.3, -0.25) is 0 Å². The summed E-state index contributed by atoms with van der Waals surface area (Å²) < 4.78 is 96.8. The van der Waals surface area contributed by atoms with E-state index in [1.165, 1.54) is 5.56 Å². The Labute approximate surface area is 419 Å². The van der Waals surface area contributed by atoms with E-state index in [9.17, 15) is 0 Å². The first-order valence-electron chi connectivity index (χ1n) is 26.8. The van der Waals surface area contributed by atoms with Crippen molar-refractivity contribution in [2.24, 2.45) is 0 Å². The number of nitrogens with zero attached hydrogens (tertiary/aromatic N) is 4. The average Bonchev–Trinajstić information content (AvgIpc) is 3.97. The van der Waals surface area contributed by atoms with Gasteiger partial charge in [0.15, 0.2) is 0 Å². The minimum absolute atomic E-state index is 0. The quantitative estimate of drug-likeness (QED) is 0.149. The van der Waals surface area contributed by atoms with Crippen LogP contribution in [0, 0.1) is 18.8 Å². The fourth-order valence-electron chi connectivity index (χ4n) is 8.42. The summed E-state index contributed by atoms with van der Waals surface area (Å²) in [4.78, 5) is 8.58. The molecular weight excluding hydrogens is 988 g/mol. The molecule has 7 aromatic carbocycles. The molecule has 0 saturated heterocycles. The summed E-state index contributed by atoms with van der Waals surface area (Å²) in [6.07, 6.45) is 1.85. The molecule has 0 amide bonds. The molecule has 66 heavy (non-hydrogen) atoms. The summed E-state index contributed by atoms with van der Waals surface area (Å²) in [6.45, 7) is 21.3. The molecule has 0 aliphatic carbocycles. The fourth-order valence-corrected chi connectivity index (χ4v) is 8.42. The van der Waals surface area contributed by atoms with Crippen molar-refractivity contribution in [3.63, 3.8) is 0 Å². The van der Waals surface area contributed by atoms with E-state index >= 15 is 0 Å². The molecule has 9 aromatic rings. The number of fused-ring (bicyclic) bond motifs is 4. The minimum Gasteiger partial charge on any atom is -0.509 e. The van der Waals surface area contributed by atoms with E-state index < -0.39 is 65.8 Å². The zero-order valence-corrected chi connectivity index (χ0v) is 40.7. The SMILES string of the molecule is [2H]c1c([2H])c([2H])c(-c2cccc(-c3c([2H])c([2H])c([2H])c([2H])c3[2H])c2N2[CH-]N(c3[c-]c(Oc4[c-]c5c(cc4)c4cc(C(C)(C)C)ccc4n5-c4cc(C(C)(C)C)ccn4)cc(C(C)(C)C)c3)c3ccccc32)c([2H])c1[2H].[Pt]. The van der Waals surface area contributed by atoms with Gasteiger partial charge in [-0.25, -0.2) is 4.98 Å². The summed E-state index contributed by atoms with van der Waals surface area (Å²) in [7, 11) is 0. The molecule has 0 atom stereocenters. The van der Waals surface area contributed by atoms with E-state index in [1.54, 1.807) is 29.8 Å². The van der Waals surface area contributed by atoms with Crippen molar-refractivity contribution in [1.29, 1.82) is 0 Å². The van der Waals surface area contributed by atoms with Crippen molar-refractivity contribution >= 4 is 44.6 Å². The Kier molecular flexibility index (Phi) is 8.80. The molecule has 0 bridgehead atoms. The van der Waals surface area contributed by atoms with Crippen LogP contribution in [0.2, 0.25) is 0 Å². The van der Waals surface area contributed by atoms with Gasteiger partial charge in [0.25, 0.3) is 0 Å². The molecule has 0 radical (unpaired) electrons. The Balaban J connectivity index is 0.00000706. The minimum atomic E-state index is -0.564. The Morgan fingerprint density at radius 2 is 1.17 bits per heavy atom. The maximum Gasteiger partial charge on any atom is 0.135 e. The summed E-state index contributed by atoms with van der Waals surface area (Å²) in [5.41, 5.74) is 6.63. The van der Waals surface area contributed by atoms with Crippen LogP contribution in [0.1, 0.15) is 92.7 Å². The zero-order valence-electron chi connectivity index (χ0n) is 48.4. The van der Waals surface area contributed by atoms with Crippen LogP contribution in [0.25, 0.3) is 49.9 Å². The van der Waals surface area contributed by atoms with Gasteiger partial charge in [0, 0.05) is 72.5 Å². The van der Waals surface area contributed by atoms with Gasteiger partial charge in [0.1, 0.15) is 5.82 Å². The van der Waals surface area contributed by atoms with Crippen LogP contribution in [0.5, 0.6) is 11.5 Å². The van der Waals surface area contributed by atoms with Gasteiger partial charge in [-0.15, -0.1) is 53.6 Å². The number of para-hydroxylation sites is 3. The maximum atomic E-state index is 9.11. The van der Waals surface area contributed by atoms with Crippen LogP contribution in [-0.4, -0.2) is 9.55 Å². The first-order chi connectivity index (χ1) is 35.3. The van der Waals surface area contributed by atoms with Crippen LogP contribution < -0.4 is 14.5 Å². The number of aromatic nitrogens is 2. The molecule has 3 heterocycles. The molecule has 0 unspecified atom stereocenters. The van der Waals surface area contributed by atoms with Gasteiger partial charge < -0.3 is 19.1 Å². The first-order valence-corrected chi connectivity index (χ1v) is 21.8. The topological polar surface area (TPSA) is 33.5 Å². The largest absolute Gasteiger partial charge is 0.509 e. The third kappa shape index (κ3) is 8.35. The molecule has 1 aliphatic rings. The second kappa shape index (κ2) is 17.1. The zero-order chi connectivity index (χ0) is 54.0. The van der Waals surface area contributed by atoms with Crippen LogP contribution in [0.15, 0.2) is 164 Å². The van der Waals surface area contributed by atoms with E-state index in [1.807, 2.05) is 53.6 Å². The van der Waals surface area contributed by atoms with Gasteiger partial charge in [-0.1, -0.05) is 171 Å². The smallest absolute Gasteiger partial charge is 0.135 e. The summed E-state index contributed by atoms with van der Waals surface area (Å²) in [5.74, 6) is 1.62. The molecule has 0 N–H and O–H groups in total. The van der Waals surface area contributed by atoms with Gasteiger partial charge in [0.2, 0.25) is 0 Å². The number of benzene rings is 7. The monoisotopic (exact) mass is 1050 g/mol. The molecule has 0 spiro atoms. The second-order valence-corrected chi connectivity index (χ2v) is 19.6. The maximum absolute atomic E-state index is 9.11.